The number of amides is 1. The maximum atomic E-state index is 12.9. The van der Waals surface area contributed by atoms with Crippen molar-refractivity contribution in [2.24, 2.45) is 0 Å². The number of rotatable bonds is 4. The number of aromatic nitrogens is 5. The number of carbonyl (C=O) groups excluding carboxylic acids is 1. The van der Waals surface area contributed by atoms with Crippen LogP contribution in [0.5, 0.6) is 0 Å². The number of hydrogen-bond acceptors (Lipinski definition) is 6. The summed E-state index contributed by atoms with van der Waals surface area (Å²) in [5.41, 5.74) is 0.990. The van der Waals surface area contributed by atoms with Crippen LogP contribution in [0.3, 0.4) is 0 Å². The smallest absolute Gasteiger partial charge is 0.291 e. The van der Waals surface area contributed by atoms with E-state index in [2.05, 4.69) is 20.4 Å². The number of thiophene rings is 1. The van der Waals surface area contributed by atoms with Crippen LogP contribution < -0.4 is 10.9 Å². The standard InChI is InChI=1S/C17H15ClN6O2S/c1-9(2)16-22-23(7-15(25)21-14-3-4-19-8-20-14)17(26)11-5-12-10(24(11)16)6-13(18)27-12/h3-6,8-9H,7H2,1-2H3,(H,19,20,21,25). The first-order valence-electron chi connectivity index (χ1n) is 8.21. The zero-order valence-electron chi connectivity index (χ0n) is 14.5. The first-order valence-corrected chi connectivity index (χ1v) is 9.41. The van der Waals surface area contributed by atoms with Gasteiger partial charge in [-0.3, -0.25) is 14.0 Å². The molecule has 1 N–H and O–H groups in total. The van der Waals surface area contributed by atoms with Crippen molar-refractivity contribution in [2.75, 3.05) is 5.32 Å². The molecule has 0 aliphatic heterocycles. The van der Waals surface area contributed by atoms with Crippen molar-refractivity contribution in [1.82, 2.24) is 24.1 Å². The van der Waals surface area contributed by atoms with E-state index in [1.807, 2.05) is 24.3 Å². The molecule has 4 aromatic heterocycles. The molecule has 138 valence electrons. The minimum atomic E-state index is -0.390. The van der Waals surface area contributed by atoms with Crippen LogP contribution in [0, 0.1) is 0 Å². The van der Waals surface area contributed by atoms with Crippen molar-refractivity contribution >= 4 is 50.4 Å². The summed E-state index contributed by atoms with van der Waals surface area (Å²) in [7, 11) is 0. The van der Waals surface area contributed by atoms with Crippen LogP contribution in [0.4, 0.5) is 5.82 Å². The van der Waals surface area contributed by atoms with E-state index in [4.69, 9.17) is 11.6 Å². The van der Waals surface area contributed by atoms with Gasteiger partial charge in [-0.15, -0.1) is 11.3 Å². The summed E-state index contributed by atoms with van der Waals surface area (Å²) in [6, 6.07) is 5.19. The fraction of sp³-hybridized carbons (Fsp3) is 0.235. The monoisotopic (exact) mass is 402 g/mol. The summed E-state index contributed by atoms with van der Waals surface area (Å²) in [6.07, 6.45) is 2.86. The fourth-order valence-corrected chi connectivity index (χ4v) is 4.03. The molecule has 0 aliphatic carbocycles. The van der Waals surface area contributed by atoms with Gasteiger partial charge >= 0.3 is 0 Å². The number of carbonyl (C=O) groups is 1. The largest absolute Gasteiger partial charge is 0.309 e. The van der Waals surface area contributed by atoms with Gasteiger partial charge in [0, 0.05) is 12.1 Å². The van der Waals surface area contributed by atoms with Gasteiger partial charge in [-0.05, 0) is 18.2 Å². The zero-order chi connectivity index (χ0) is 19.1. The Labute approximate surface area is 162 Å². The SMILES string of the molecule is CC(C)c1nn(CC(=O)Nc2ccncn2)c(=O)c2cc3sc(Cl)cc3n12. The molecule has 10 heteroatoms. The van der Waals surface area contributed by atoms with Crippen molar-refractivity contribution in [3.8, 4) is 0 Å². The molecule has 0 radical (unpaired) electrons. The molecule has 0 bridgehead atoms. The second-order valence-corrected chi connectivity index (χ2v) is 8.00. The second kappa shape index (κ2) is 6.75. The third-order valence-electron chi connectivity index (χ3n) is 4.02. The van der Waals surface area contributed by atoms with Crippen LogP contribution in [0.2, 0.25) is 4.34 Å². The Morgan fingerprint density at radius 3 is 2.85 bits per heavy atom. The van der Waals surface area contributed by atoms with Gasteiger partial charge in [0.15, 0.2) is 0 Å². The number of anilines is 1. The van der Waals surface area contributed by atoms with Gasteiger partial charge in [-0.1, -0.05) is 25.4 Å². The van der Waals surface area contributed by atoms with Gasteiger partial charge < -0.3 is 5.32 Å². The number of nitrogens with one attached hydrogen (secondary N) is 1. The average molecular weight is 403 g/mol. The van der Waals surface area contributed by atoms with Crippen LogP contribution in [-0.4, -0.2) is 30.1 Å². The van der Waals surface area contributed by atoms with Crippen molar-refractivity contribution in [1.29, 1.82) is 0 Å². The van der Waals surface area contributed by atoms with E-state index in [9.17, 15) is 9.59 Å². The highest BCUT2D eigenvalue weighted by atomic mass is 35.5. The molecule has 27 heavy (non-hydrogen) atoms. The third-order valence-corrected chi connectivity index (χ3v) is 5.23. The van der Waals surface area contributed by atoms with Gasteiger partial charge in [0.05, 0.1) is 14.6 Å². The minimum absolute atomic E-state index is 0.0403. The molecule has 4 rings (SSSR count). The Morgan fingerprint density at radius 2 is 2.15 bits per heavy atom. The van der Waals surface area contributed by atoms with Gasteiger partial charge in [-0.2, -0.15) is 5.10 Å². The molecule has 4 heterocycles. The topological polar surface area (TPSA) is 94.2 Å². The summed E-state index contributed by atoms with van der Waals surface area (Å²) in [6.45, 7) is 3.76. The van der Waals surface area contributed by atoms with E-state index >= 15 is 0 Å². The maximum absolute atomic E-state index is 12.9. The van der Waals surface area contributed by atoms with E-state index in [0.717, 1.165) is 10.2 Å². The summed E-state index contributed by atoms with van der Waals surface area (Å²) < 4.78 is 4.57. The van der Waals surface area contributed by atoms with E-state index in [-0.39, 0.29) is 18.0 Å². The maximum Gasteiger partial charge on any atom is 0.291 e. The predicted octanol–water partition coefficient (Wildman–Crippen LogP) is 2.92. The zero-order valence-corrected chi connectivity index (χ0v) is 16.1. The van der Waals surface area contributed by atoms with Crippen LogP contribution in [0.1, 0.15) is 25.6 Å². The Morgan fingerprint density at radius 1 is 1.33 bits per heavy atom. The van der Waals surface area contributed by atoms with Crippen molar-refractivity contribution in [2.45, 2.75) is 26.3 Å². The Kier molecular flexibility index (Phi) is 4.40. The van der Waals surface area contributed by atoms with Crippen molar-refractivity contribution in [3.05, 3.63) is 51.2 Å². The molecular weight excluding hydrogens is 388 g/mol. The third kappa shape index (κ3) is 3.19. The highest BCUT2D eigenvalue weighted by Gasteiger charge is 2.19. The van der Waals surface area contributed by atoms with E-state index < -0.39 is 5.91 Å². The number of fused-ring (bicyclic) bond motifs is 3. The molecular formula is C17H15ClN6O2S. The Bertz CT molecular complexity index is 1210. The van der Waals surface area contributed by atoms with E-state index in [1.165, 1.54) is 28.5 Å². The van der Waals surface area contributed by atoms with Crippen LogP contribution in [-0.2, 0) is 11.3 Å². The molecule has 1 amide bonds. The number of nitrogens with zero attached hydrogens (tertiary/aromatic N) is 5. The van der Waals surface area contributed by atoms with Crippen LogP contribution >= 0.6 is 22.9 Å². The van der Waals surface area contributed by atoms with Gasteiger partial charge in [0.1, 0.15) is 30.0 Å². The average Bonchev–Trinajstić information content (AvgIpc) is 3.14. The summed E-state index contributed by atoms with van der Waals surface area (Å²) in [5.74, 6) is 0.701. The predicted molar refractivity (Wildman–Crippen MR) is 105 cm³/mol. The molecule has 8 nitrogen and oxygen atoms in total. The first-order chi connectivity index (χ1) is 12.9. The summed E-state index contributed by atoms with van der Waals surface area (Å²) in [4.78, 5) is 33.0. The van der Waals surface area contributed by atoms with E-state index in [1.54, 1.807) is 12.1 Å². The highest BCUT2D eigenvalue weighted by Crippen LogP contribution is 2.32. The normalized spacial score (nSPS) is 11.6. The van der Waals surface area contributed by atoms with Crippen LogP contribution in [0.15, 0.2) is 35.5 Å². The highest BCUT2D eigenvalue weighted by molar-refractivity contribution is 7.22. The van der Waals surface area contributed by atoms with Crippen molar-refractivity contribution < 1.29 is 4.79 Å². The molecule has 0 unspecified atom stereocenters. The molecule has 0 atom stereocenters. The lowest BCUT2D eigenvalue weighted by Gasteiger charge is -2.13. The van der Waals surface area contributed by atoms with Crippen molar-refractivity contribution in [3.63, 3.8) is 0 Å². The van der Waals surface area contributed by atoms with E-state index in [0.29, 0.717) is 21.5 Å². The molecule has 0 aromatic carbocycles. The molecule has 0 saturated carbocycles. The number of hydrogen-bond donors (Lipinski definition) is 1. The second-order valence-electron chi connectivity index (χ2n) is 6.28. The quantitative estimate of drug-likeness (QED) is 0.566. The molecule has 0 saturated heterocycles. The summed E-state index contributed by atoms with van der Waals surface area (Å²) >= 11 is 7.52. The Hall–Kier alpha value is -2.78. The number of halogens is 1. The molecule has 0 fully saturated rings. The minimum Gasteiger partial charge on any atom is -0.309 e. The molecule has 0 spiro atoms. The van der Waals surface area contributed by atoms with Gasteiger partial charge in [0.25, 0.3) is 5.56 Å². The molecule has 4 aromatic rings. The fourth-order valence-electron chi connectivity index (χ4n) is 2.88. The lowest BCUT2D eigenvalue weighted by Crippen LogP contribution is -2.32. The lowest BCUT2D eigenvalue weighted by molar-refractivity contribution is -0.117. The molecule has 0 aliphatic rings. The van der Waals surface area contributed by atoms with Gasteiger partial charge in [-0.25, -0.2) is 14.6 Å². The Balaban J connectivity index is 1.78. The lowest BCUT2D eigenvalue weighted by atomic mass is 10.2. The first kappa shape index (κ1) is 17.6. The summed E-state index contributed by atoms with van der Waals surface area (Å²) in [5, 5.41) is 7.08. The van der Waals surface area contributed by atoms with Gasteiger partial charge in [0.2, 0.25) is 5.91 Å². The van der Waals surface area contributed by atoms with Crippen LogP contribution in [0.25, 0.3) is 15.7 Å².